The highest BCUT2D eigenvalue weighted by Crippen LogP contribution is 2.45. The Labute approximate surface area is 213 Å². The minimum Gasteiger partial charge on any atom is -0.448 e. The largest absolute Gasteiger partial charge is 0.448 e. The predicted molar refractivity (Wildman–Crippen MR) is 132 cm³/mol. The molecule has 7 heteroatoms. The maximum Gasteiger partial charge on any atom is 0.410 e. The normalized spacial score (nSPS) is 22.2. The fourth-order valence-corrected chi connectivity index (χ4v) is 6.45. The molecule has 2 atom stereocenters. The van der Waals surface area contributed by atoms with Crippen molar-refractivity contribution in [3.05, 3.63) is 94.8 Å². The zero-order valence-electron chi connectivity index (χ0n) is 20.1. The standard InChI is InChI=1S/C30H26F3NO3/c31-27-15-17(9-12-25(27)29(32)33)28(35)18-13-19-10-11-20(14-18)34(19)30(36)37-16-26-23-7-3-1-5-21(23)22-6-2-4-8-24(22)26/h1-9,12,15,18-20,26,29H,10-11,13-14,16H2. The molecule has 0 N–H and O–H groups in total. The van der Waals surface area contributed by atoms with Crippen molar-refractivity contribution in [1.82, 2.24) is 4.90 Å². The topological polar surface area (TPSA) is 46.6 Å². The summed E-state index contributed by atoms with van der Waals surface area (Å²) in [7, 11) is 0. The van der Waals surface area contributed by atoms with Crippen LogP contribution in [-0.4, -0.2) is 35.5 Å². The number of piperidine rings is 1. The summed E-state index contributed by atoms with van der Waals surface area (Å²) < 4.78 is 45.7. The Bertz CT molecular complexity index is 1310. The maximum absolute atomic E-state index is 14.1. The second-order valence-corrected chi connectivity index (χ2v) is 10.2. The van der Waals surface area contributed by atoms with Crippen LogP contribution in [0.15, 0.2) is 66.7 Å². The minimum atomic E-state index is -2.93. The lowest BCUT2D eigenvalue weighted by molar-refractivity contribution is 0.0506. The van der Waals surface area contributed by atoms with E-state index in [9.17, 15) is 22.8 Å². The van der Waals surface area contributed by atoms with Crippen LogP contribution in [-0.2, 0) is 4.74 Å². The average Bonchev–Trinajstić information content (AvgIpc) is 3.37. The molecule has 2 unspecified atom stereocenters. The van der Waals surface area contributed by atoms with E-state index in [0.29, 0.717) is 12.8 Å². The molecule has 4 nitrogen and oxygen atoms in total. The first-order chi connectivity index (χ1) is 17.9. The van der Waals surface area contributed by atoms with Gasteiger partial charge in [-0.3, -0.25) is 4.79 Å². The van der Waals surface area contributed by atoms with Gasteiger partial charge in [-0.1, -0.05) is 54.6 Å². The molecule has 37 heavy (non-hydrogen) atoms. The van der Waals surface area contributed by atoms with Crippen molar-refractivity contribution in [2.75, 3.05) is 6.61 Å². The third-order valence-electron chi connectivity index (χ3n) is 8.17. The lowest BCUT2D eigenvalue weighted by Gasteiger charge is -2.37. The predicted octanol–water partition coefficient (Wildman–Crippen LogP) is 7.14. The average molecular weight is 506 g/mol. The van der Waals surface area contributed by atoms with Gasteiger partial charge >= 0.3 is 6.09 Å². The molecule has 2 saturated heterocycles. The van der Waals surface area contributed by atoms with E-state index in [1.165, 1.54) is 6.07 Å². The second kappa shape index (κ2) is 9.36. The molecule has 2 aliphatic heterocycles. The van der Waals surface area contributed by atoms with Gasteiger partial charge in [-0.05, 0) is 60.1 Å². The molecule has 1 aliphatic carbocycles. The number of ether oxygens (including phenoxy) is 1. The van der Waals surface area contributed by atoms with Crippen LogP contribution >= 0.6 is 0 Å². The number of fused-ring (bicyclic) bond motifs is 5. The molecule has 0 saturated carbocycles. The minimum absolute atomic E-state index is 0.0285. The van der Waals surface area contributed by atoms with E-state index in [2.05, 4.69) is 24.3 Å². The summed E-state index contributed by atoms with van der Waals surface area (Å²) in [5.41, 5.74) is 4.01. The van der Waals surface area contributed by atoms with Crippen molar-refractivity contribution in [3.8, 4) is 11.1 Å². The van der Waals surface area contributed by atoms with Gasteiger partial charge in [-0.15, -0.1) is 0 Å². The molecular weight excluding hydrogens is 479 g/mol. The van der Waals surface area contributed by atoms with E-state index in [1.54, 1.807) is 4.90 Å². The Morgan fingerprint density at radius 1 is 0.892 bits per heavy atom. The Morgan fingerprint density at radius 3 is 2.05 bits per heavy atom. The van der Waals surface area contributed by atoms with E-state index in [0.717, 1.165) is 47.2 Å². The highest BCUT2D eigenvalue weighted by molar-refractivity contribution is 5.98. The van der Waals surface area contributed by atoms with Gasteiger partial charge in [-0.25, -0.2) is 18.0 Å². The Morgan fingerprint density at radius 2 is 1.49 bits per heavy atom. The Hall–Kier alpha value is -3.61. The number of carbonyl (C=O) groups excluding carboxylic acids is 2. The van der Waals surface area contributed by atoms with Gasteiger partial charge in [0.1, 0.15) is 12.4 Å². The van der Waals surface area contributed by atoms with E-state index < -0.39 is 17.8 Å². The summed E-state index contributed by atoms with van der Waals surface area (Å²) in [5, 5.41) is 0. The van der Waals surface area contributed by atoms with Gasteiger partial charge in [-0.2, -0.15) is 0 Å². The third kappa shape index (κ3) is 4.10. The van der Waals surface area contributed by atoms with E-state index in [1.807, 2.05) is 24.3 Å². The van der Waals surface area contributed by atoms with E-state index in [-0.39, 0.29) is 48.0 Å². The molecule has 2 heterocycles. The van der Waals surface area contributed by atoms with Crippen LogP contribution in [0.1, 0.15) is 65.1 Å². The van der Waals surface area contributed by atoms with Crippen LogP contribution < -0.4 is 0 Å². The smallest absolute Gasteiger partial charge is 0.410 e. The number of alkyl halides is 2. The summed E-state index contributed by atoms with van der Waals surface area (Å²) in [5.74, 6) is -1.74. The van der Waals surface area contributed by atoms with Gasteiger partial charge < -0.3 is 9.64 Å². The van der Waals surface area contributed by atoms with Crippen molar-refractivity contribution in [3.63, 3.8) is 0 Å². The SMILES string of the molecule is O=C(c1ccc(C(F)F)c(F)c1)C1CC2CCC(C1)N2C(=O)OCC1c2ccccc2-c2ccccc21. The summed E-state index contributed by atoms with van der Waals surface area (Å²) in [6, 6.07) is 19.2. The molecule has 1 amide bonds. The fraction of sp³-hybridized carbons (Fsp3) is 0.333. The number of ketones is 1. The number of Topliss-reactive ketones (excluding diaryl/α,β-unsaturated/α-hetero) is 1. The molecule has 190 valence electrons. The summed E-state index contributed by atoms with van der Waals surface area (Å²) >= 11 is 0. The molecular formula is C30H26F3NO3. The van der Waals surface area contributed by atoms with Crippen molar-refractivity contribution in [2.24, 2.45) is 5.92 Å². The first-order valence-corrected chi connectivity index (χ1v) is 12.7. The molecule has 3 aromatic carbocycles. The van der Waals surface area contributed by atoms with Crippen LogP contribution in [0.5, 0.6) is 0 Å². The van der Waals surface area contributed by atoms with Crippen LogP contribution in [0.2, 0.25) is 0 Å². The van der Waals surface area contributed by atoms with Gasteiger partial charge in [0, 0.05) is 29.5 Å². The lowest BCUT2D eigenvalue weighted by atomic mass is 9.84. The van der Waals surface area contributed by atoms with Gasteiger partial charge in [0.25, 0.3) is 6.43 Å². The first kappa shape index (κ1) is 23.8. The quantitative estimate of drug-likeness (QED) is 0.346. The molecule has 6 rings (SSSR count). The third-order valence-corrected chi connectivity index (χ3v) is 8.17. The number of hydrogen-bond acceptors (Lipinski definition) is 3. The number of amides is 1. The molecule has 0 aromatic heterocycles. The molecule has 0 spiro atoms. The molecule has 2 fully saturated rings. The number of halogens is 3. The molecule has 3 aromatic rings. The number of hydrogen-bond donors (Lipinski definition) is 0. The first-order valence-electron chi connectivity index (χ1n) is 12.7. The molecule has 0 radical (unpaired) electrons. The van der Waals surface area contributed by atoms with Crippen LogP contribution in [0.4, 0.5) is 18.0 Å². The summed E-state index contributed by atoms with van der Waals surface area (Å²) in [4.78, 5) is 28.1. The maximum atomic E-state index is 14.1. The number of benzene rings is 3. The van der Waals surface area contributed by atoms with Crippen molar-refractivity contribution in [2.45, 2.75) is 50.1 Å². The summed E-state index contributed by atoms with van der Waals surface area (Å²) in [6.07, 6.45) is -0.836. The number of carbonyl (C=O) groups is 2. The Kier molecular flexibility index (Phi) is 6.01. The van der Waals surface area contributed by atoms with Crippen LogP contribution in [0, 0.1) is 11.7 Å². The fourth-order valence-electron chi connectivity index (χ4n) is 6.45. The van der Waals surface area contributed by atoms with Crippen LogP contribution in [0.3, 0.4) is 0 Å². The van der Waals surface area contributed by atoms with Crippen molar-refractivity contribution >= 4 is 11.9 Å². The van der Waals surface area contributed by atoms with Crippen molar-refractivity contribution in [1.29, 1.82) is 0 Å². The van der Waals surface area contributed by atoms with E-state index in [4.69, 9.17) is 4.74 Å². The highest BCUT2D eigenvalue weighted by Gasteiger charge is 2.46. The lowest BCUT2D eigenvalue weighted by Crippen LogP contribution is -2.48. The van der Waals surface area contributed by atoms with E-state index >= 15 is 0 Å². The molecule has 2 bridgehead atoms. The Balaban J connectivity index is 1.13. The van der Waals surface area contributed by atoms with Crippen molar-refractivity contribution < 1.29 is 27.5 Å². The number of rotatable bonds is 5. The molecule has 3 aliphatic rings. The number of nitrogens with zero attached hydrogens (tertiary/aromatic N) is 1. The van der Waals surface area contributed by atoms with Gasteiger partial charge in [0.15, 0.2) is 5.78 Å². The highest BCUT2D eigenvalue weighted by atomic mass is 19.3. The zero-order chi connectivity index (χ0) is 25.7. The van der Waals surface area contributed by atoms with Crippen LogP contribution in [0.25, 0.3) is 11.1 Å². The van der Waals surface area contributed by atoms with Gasteiger partial charge in [0.05, 0.1) is 5.56 Å². The monoisotopic (exact) mass is 505 g/mol. The second-order valence-electron chi connectivity index (χ2n) is 10.2. The zero-order valence-corrected chi connectivity index (χ0v) is 20.1. The summed E-state index contributed by atoms with van der Waals surface area (Å²) in [6.45, 7) is 0.237. The van der Waals surface area contributed by atoms with Gasteiger partial charge in [0.2, 0.25) is 0 Å².